The van der Waals surface area contributed by atoms with Gasteiger partial charge >= 0.3 is 0 Å². The molecule has 0 amide bonds. The molecule has 4 rings (SSSR count). The molecule has 0 aliphatic heterocycles. The van der Waals surface area contributed by atoms with Crippen molar-refractivity contribution in [2.24, 2.45) is 0 Å². The lowest BCUT2D eigenvalue weighted by atomic mass is 10.0. The topological polar surface area (TPSA) is 87.4 Å². The molecular weight excluding hydrogens is 596 g/mol. The van der Waals surface area contributed by atoms with Gasteiger partial charge in [-0.1, -0.05) is 83.6 Å². The Hall–Kier alpha value is -4.00. The third-order valence-corrected chi connectivity index (χ3v) is 9.37. The lowest BCUT2D eigenvalue weighted by Gasteiger charge is -2.26. The van der Waals surface area contributed by atoms with E-state index >= 15 is 0 Å². The van der Waals surface area contributed by atoms with Crippen molar-refractivity contribution in [3.63, 3.8) is 0 Å². The molecular formula is C42H56N2O4. The minimum absolute atomic E-state index is 0.347. The van der Waals surface area contributed by atoms with Crippen LogP contribution >= 0.6 is 0 Å². The molecule has 0 fully saturated rings. The summed E-state index contributed by atoms with van der Waals surface area (Å²) in [6.45, 7) is 20.1. The number of phenolic OH excluding ortho intramolecular Hbond substituents is 4. The molecule has 6 heteroatoms. The maximum Gasteiger partial charge on any atom is 0.122 e. The van der Waals surface area contributed by atoms with E-state index in [1.807, 2.05) is 52.0 Å². The number of hydrogen-bond donors (Lipinski definition) is 4. The first-order valence-corrected chi connectivity index (χ1v) is 17.3. The average Bonchev–Trinajstić information content (AvgIpc) is 3.00. The molecule has 0 saturated heterocycles. The summed E-state index contributed by atoms with van der Waals surface area (Å²) in [5.74, 6) is 1.39. The number of rotatable bonds is 15. The molecule has 0 spiro atoms. The van der Waals surface area contributed by atoms with Gasteiger partial charge < -0.3 is 20.4 Å². The molecule has 4 aromatic carbocycles. The van der Waals surface area contributed by atoms with Crippen molar-refractivity contribution in [3.8, 4) is 23.0 Å². The van der Waals surface area contributed by atoms with E-state index in [0.717, 1.165) is 106 Å². The predicted octanol–water partition coefficient (Wildman–Crippen LogP) is 9.24. The average molecular weight is 653 g/mol. The Labute approximate surface area is 288 Å². The summed E-state index contributed by atoms with van der Waals surface area (Å²) in [6.07, 6.45) is 4.08. The number of phenols is 4. The largest absolute Gasteiger partial charge is 0.507 e. The maximum atomic E-state index is 10.9. The van der Waals surface area contributed by atoms with Gasteiger partial charge in [0.2, 0.25) is 0 Å². The first-order chi connectivity index (χ1) is 22.7. The van der Waals surface area contributed by atoms with Crippen molar-refractivity contribution < 1.29 is 20.4 Å². The molecule has 0 aliphatic rings. The maximum absolute atomic E-state index is 10.9. The van der Waals surface area contributed by atoms with Gasteiger partial charge in [0, 0.05) is 48.4 Å². The van der Waals surface area contributed by atoms with Gasteiger partial charge in [0.05, 0.1) is 0 Å². The summed E-state index contributed by atoms with van der Waals surface area (Å²) < 4.78 is 0. The van der Waals surface area contributed by atoms with Crippen molar-refractivity contribution in [1.29, 1.82) is 0 Å². The van der Waals surface area contributed by atoms with Gasteiger partial charge in [0.25, 0.3) is 0 Å². The number of unbranched alkanes of at least 4 members (excludes halogenated alkanes) is 3. The van der Waals surface area contributed by atoms with Crippen LogP contribution in [0.25, 0.3) is 0 Å². The van der Waals surface area contributed by atoms with Crippen molar-refractivity contribution in [2.45, 2.75) is 107 Å². The minimum Gasteiger partial charge on any atom is -0.507 e. The van der Waals surface area contributed by atoms with Crippen LogP contribution in [-0.2, 0) is 26.2 Å². The Morgan fingerprint density at radius 3 is 0.812 bits per heavy atom. The van der Waals surface area contributed by atoms with Gasteiger partial charge in [-0.05, 0) is 104 Å². The fraction of sp³-hybridized carbons (Fsp3) is 0.429. The van der Waals surface area contributed by atoms with Crippen LogP contribution in [0.4, 0.5) is 0 Å². The summed E-state index contributed by atoms with van der Waals surface area (Å²) in [6, 6.07) is 16.3. The van der Waals surface area contributed by atoms with Gasteiger partial charge in [0.15, 0.2) is 0 Å². The molecule has 0 atom stereocenters. The van der Waals surface area contributed by atoms with Crippen LogP contribution in [0.15, 0.2) is 48.5 Å². The number of benzene rings is 4. The second kappa shape index (κ2) is 16.4. The molecule has 0 radical (unpaired) electrons. The Bertz CT molecular complexity index is 1480. The second-order valence-electron chi connectivity index (χ2n) is 14.2. The van der Waals surface area contributed by atoms with E-state index in [-0.39, 0.29) is 0 Å². The fourth-order valence-corrected chi connectivity index (χ4v) is 7.09. The van der Waals surface area contributed by atoms with Crippen LogP contribution in [0.2, 0.25) is 0 Å². The van der Waals surface area contributed by atoms with Crippen LogP contribution in [0.1, 0.15) is 92.4 Å². The van der Waals surface area contributed by atoms with Gasteiger partial charge in [-0.3, -0.25) is 9.80 Å². The van der Waals surface area contributed by atoms with E-state index in [0.29, 0.717) is 49.2 Å². The van der Waals surface area contributed by atoms with Crippen LogP contribution < -0.4 is 0 Å². The number of aromatic hydroxyl groups is 4. The highest BCUT2D eigenvalue weighted by atomic mass is 16.3. The van der Waals surface area contributed by atoms with E-state index in [2.05, 4.69) is 61.8 Å². The van der Waals surface area contributed by atoms with Crippen molar-refractivity contribution in [1.82, 2.24) is 9.80 Å². The Balaban J connectivity index is 1.43. The third kappa shape index (κ3) is 9.77. The Morgan fingerprint density at radius 1 is 0.354 bits per heavy atom. The van der Waals surface area contributed by atoms with Gasteiger partial charge in [-0.25, -0.2) is 0 Å². The number of nitrogens with zero attached hydrogens (tertiary/aromatic N) is 2. The molecule has 0 unspecified atom stereocenters. The zero-order chi connectivity index (χ0) is 35.1. The highest BCUT2D eigenvalue weighted by Crippen LogP contribution is 2.31. The van der Waals surface area contributed by atoms with E-state index in [1.165, 1.54) is 0 Å². The highest BCUT2D eigenvalue weighted by Gasteiger charge is 2.17. The molecule has 48 heavy (non-hydrogen) atoms. The monoisotopic (exact) mass is 652 g/mol. The number of hydrogen-bond acceptors (Lipinski definition) is 6. The third-order valence-electron chi connectivity index (χ3n) is 9.37. The lowest BCUT2D eigenvalue weighted by Crippen LogP contribution is -2.25. The fourth-order valence-electron chi connectivity index (χ4n) is 7.09. The summed E-state index contributed by atoms with van der Waals surface area (Å²) in [7, 11) is 0. The Kier molecular flexibility index (Phi) is 12.6. The zero-order valence-corrected chi connectivity index (χ0v) is 30.4. The molecule has 0 aromatic heterocycles. The van der Waals surface area contributed by atoms with Crippen LogP contribution in [0, 0.1) is 55.4 Å². The SMILES string of the molecule is Cc1cc(C)c(O)c(CN(CCCCCCN(Cc2cc(C)cc(C)c2O)Cc2cc(C)cc(C)c2O)Cc2cc(C)cc(C)c2O)c1. The van der Waals surface area contributed by atoms with Crippen LogP contribution in [0.5, 0.6) is 23.0 Å². The predicted molar refractivity (Wildman–Crippen MR) is 197 cm³/mol. The van der Waals surface area contributed by atoms with E-state index in [1.54, 1.807) is 0 Å². The first-order valence-electron chi connectivity index (χ1n) is 17.3. The molecule has 0 bridgehead atoms. The quantitative estimate of drug-likeness (QED) is 0.0958. The van der Waals surface area contributed by atoms with Crippen molar-refractivity contribution >= 4 is 0 Å². The minimum atomic E-state index is 0.347. The smallest absolute Gasteiger partial charge is 0.122 e. The van der Waals surface area contributed by atoms with Gasteiger partial charge in [-0.2, -0.15) is 0 Å². The Morgan fingerprint density at radius 2 is 0.583 bits per heavy atom. The molecule has 0 aliphatic carbocycles. The van der Waals surface area contributed by atoms with E-state index in [4.69, 9.17) is 0 Å². The standard InChI is InChI=1S/C42H56N2O4/c1-27-15-31(5)39(45)35(19-27)23-43(24-36-20-28(2)16-32(6)40(36)46)13-11-9-10-12-14-44(25-37-21-29(3)17-33(7)41(37)47)26-38-22-30(4)18-34(8)42(38)48/h15-22,45-48H,9-14,23-26H2,1-8H3. The van der Waals surface area contributed by atoms with Crippen molar-refractivity contribution in [2.75, 3.05) is 13.1 Å². The molecule has 6 nitrogen and oxygen atoms in total. The van der Waals surface area contributed by atoms with Gasteiger partial charge in [-0.15, -0.1) is 0 Å². The molecule has 0 heterocycles. The zero-order valence-electron chi connectivity index (χ0n) is 30.4. The van der Waals surface area contributed by atoms with Crippen molar-refractivity contribution in [3.05, 3.63) is 115 Å². The molecule has 4 aromatic rings. The molecule has 4 N–H and O–H groups in total. The molecule has 258 valence electrons. The van der Waals surface area contributed by atoms with Crippen LogP contribution in [0.3, 0.4) is 0 Å². The lowest BCUT2D eigenvalue weighted by molar-refractivity contribution is 0.233. The van der Waals surface area contributed by atoms with E-state index < -0.39 is 0 Å². The van der Waals surface area contributed by atoms with E-state index in [9.17, 15) is 20.4 Å². The normalized spacial score (nSPS) is 11.6. The van der Waals surface area contributed by atoms with Crippen LogP contribution in [-0.4, -0.2) is 43.3 Å². The first kappa shape index (κ1) is 36.8. The summed E-state index contributed by atoms with van der Waals surface area (Å²) in [5, 5.41) is 43.5. The second-order valence-corrected chi connectivity index (χ2v) is 14.2. The summed E-state index contributed by atoms with van der Waals surface area (Å²) in [4.78, 5) is 4.67. The van der Waals surface area contributed by atoms with Gasteiger partial charge in [0.1, 0.15) is 23.0 Å². The highest BCUT2D eigenvalue weighted by molar-refractivity contribution is 5.46. The molecule has 0 saturated carbocycles. The summed E-state index contributed by atoms with van der Waals surface area (Å²) in [5.41, 5.74) is 11.7. The summed E-state index contributed by atoms with van der Waals surface area (Å²) >= 11 is 0. The number of aryl methyl sites for hydroxylation is 8.